The zero-order valence-electron chi connectivity index (χ0n) is 10.2. The van der Waals surface area contributed by atoms with E-state index in [-0.39, 0.29) is 0 Å². The first kappa shape index (κ1) is 13.5. The molecule has 0 aliphatic carbocycles. The Labute approximate surface area is 126 Å². The summed E-state index contributed by atoms with van der Waals surface area (Å²) in [5, 5.41) is 19.9. The maximum Gasteiger partial charge on any atom is 0.492 e. The van der Waals surface area contributed by atoms with Gasteiger partial charge in [-0.3, -0.25) is 0 Å². The highest BCUT2D eigenvalue weighted by atomic mass is 35.5. The van der Waals surface area contributed by atoms with E-state index >= 15 is 0 Å². The van der Waals surface area contributed by atoms with Crippen molar-refractivity contribution in [3.63, 3.8) is 0 Å². The van der Waals surface area contributed by atoms with Crippen molar-refractivity contribution < 1.29 is 9.68 Å². The fourth-order valence-electron chi connectivity index (χ4n) is 2.33. The van der Waals surface area contributed by atoms with Crippen LogP contribution in [0.15, 0.2) is 36.4 Å². The minimum Gasteiger partial charge on any atom is -0.423 e. The number of rotatable bonds is 1. The molecule has 1 heterocycles. The molecule has 2 aromatic carbocycles. The van der Waals surface area contributed by atoms with E-state index in [1.54, 1.807) is 36.4 Å². The van der Waals surface area contributed by atoms with Crippen molar-refractivity contribution in [1.82, 2.24) is 0 Å². The van der Waals surface area contributed by atoms with Crippen LogP contribution in [0.25, 0.3) is 0 Å². The van der Waals surface area contributed by atoms with Crippen LogP contribution < -0.4 is 5.46 Å². The van der Waals surface area contributed by atoms with E-state index in [1.807, 2.05) is 0 Å². The first-order chi connectivity index (χ1) is 9.60. The highest BCUT2D eigenvalue weighted by molar-refractivity contribution is 6.61. The van der Waals surface area contributed by atoms with Crippen LogP contribution in [0.5, 0.6) is 0 Å². The normalized spacial score (nSPS) is 16.9. The van der Waals surface area contributed by atoms with Crippen molar-refractivity contribution in [3.8, 4) is 6.07 Å². The lowest BCUT2D eigenvalue weighted by Gasteiger charge is -2.15. The molecule has 1 atom stereocenters. The van der Waals surface area contributed by atoms with Crippen molar-refractivity contribution in [3.05, 3.63) is 63.1 Å². The Morgan fingerprint density at radius 3 is 2.65 bits per heavy atom. The Morgan fingerprint density at radius 1 is 1.15 bits per heavy atom. The molecule has 0 aromatic heterocycles. The predicted octanol–water partition coefficient (Wildman–Crippen LogP) is 2.67. The number of benzene rings is 2. The molecule has 0 radical (unpaired) electrons. The van der Waals surface area contributed by atoms with E-state index < -0.39 is 13.2 Å². The van der Waals surface area contributed by atoms with Gasteiger partial charge in [-0.2, -0.15) is 5.26 Å². The van der Waals surface area contributed by atoms with Crippen molar-refractivity contribution in [2.45, 2.75) is 6.10 Å². The maximum absolute atomic E-state index is 9.95. The van der Waals surface area contributed by atoms with Crippen LogP contribution in [0.1, 0.15) is 22.8 Å². The Hall–Kier alpha value is -1.51. The minimum absolute atomic E-state index is 0.463. The van der Waals surface area contributed by atoms with Crippen LogP contribution >= 0.6 is 23.2 Å². The topological polar surface area (TPSA) is 53.2 Å². The Kier molecular flexibility index (Phi) is 3.45. The summed E-state index contributed by atoms with van der Waals surface area (Å²) in [5.41, 5.74) is 2.63. The molecule has 20 heavy (non-hydrogen) atoms. The molecule has 3 rings (SSSR count). The molecule has 1 unspecified atom stereocenters. The molecule has 1 N–H and O–H groups in total. The highest BCUT2D eigenvalue weighted by Gasteiger charge is 2.36. The quantitative estimate of drug-likeness (QED) is 0.824. The average molecular weight is 304 g/mol. The molecule has 0 saturated heterocycles. The first-order valence-corrected chi connectivity index (χ1v) is 6.68. The summed E-state index contributed by atoms with van der Waals surface area (Å²) in [4.78, 5) is 0. The molecule has 6 heteroatoms. The summed E-state index contributed by atoms with van der Waals surface area (Å²) in [5.74, 6) is 0. The lowest BCUT2D eigenvalue weighted by atomic mass is 9.78. The lowest BCUT2D eigenvalue weighted by Crippen LogP contribution is -2.27. The zero-order chi connectivity index (χ0) is 14.3. The summed E-state index contributed by atoms with van der Waals surface area (Å²) in [6.07, 6.45) is -0.502. The summed E-state index contributed by atoms with van der Waals surface area (Å²) < 4.78 is 5.56. The van der Waals surface area contributed by atoms with Crippen molar-refractivity contribution in [2.75, 3.05) is 0 Å². The van der Waals surface area contributed by atoms with Gasteiger partial charge < -0.3 is 9.68 Å². The Bertz CT molecular complexity index is 730. The van der Waals surface area contributed by atoms with Crippen molar-refractivity contribution >= 4 is 35.8 Å². The van der Waals surface area contributed by atoms with Gasteiger partial charge in [0.25, 0.3) is 0 Å². The van der Waals surface area contributed by atoms with Crippen LogP contribution in [-0.2, 0) is 4.65 Å². The third-order valence-corrected chi connectivity index (χ3v) is 3.84. The van der Waals surface area contributed by atoms with Gasteiger partial charge in [0.05, 0.1) is 17.7 Å². The maximum atomic E-state index is 9.95. The highest BCUT2D eigenvalue weighted by Crippen LogP contribution is 2.36. The molecule has 0 fully saturated rings. The number of fused-ring (bicyclic) bond motifs is 1. The van der Waals surface area contributed by atoms with E-state index in [1.165, 1.54) is 0 Å². The number of hydrogen-bond donors (Lipinski definition) is 1. The molecule has 1 aliphatic heterocycles. The third kappa shape index (κ3) is 2.19. The van der Waals surface area contributed by atoms with Crippen LogP contribution in [0.2, 0.25) is 10.0 Å². The van der Waals surface area contributed by atoms with Gasteiger partial charge >= 0.3 is 7.12 Å². The van der Waals surface area contributed by atoms with Crippen LogP contribution in [0, 0.1) is 11.3 Å². The van der Waals surface area contributed by atoms with E-state index in [4.69, 9.17) is 33.1 Å². The molecular weight excluding hydrogens is 296 g/mol. The largest absolute Gasteiger partial charge is 0.492 e. The smallest absolute Gasteiger partial charge is 0.423 e. The second-order valence-corrected chi connectivity index (χ2v) is 5.33. The van der Waals surface area contributed by atoms with E-state index in [2.05, 4.69) is 6.07 Å². The summed E-state index contributed by atoms with van der Waals surface area (Å²) in [6.45, 7) is 0. The molecule has 0 bridgehead atoms. The van der Waals surface area contributed by atoms with Gasteiger partial charge in [-0.25, -0.2) is 0 Å². The molecular formula is C14H8BCl2NO2. The van der Waals surface area contributed by atoms with Gasteiger partial charge in [0.2, 0.25) is 0 Å². The summed E-state index contributed by atoms with van der Waals surface area (Å²) in [7, 11) is -1.02. The van der Waals surface area contributed by atoms with Crippen LogP contribution in [0.3, 0.4) is 0 Å². The third-order valence-electron chi connectivity index (χ3n) is 3.27. The van der Waals surface area contributed by atoms with Gasteiger partial charge in [0, 0.05) is 15.6 Å². The lowest BCUT2D eigenvalue weighted by molar-refractivity contribution is 0.226. The monoisotopic (exact) mass is 303 g/mol. The zero-order valence-corrected chi connectivity index (χ0v) is 11.7. The number of nitrogens with zero attached hydrogens (tertiary/aromatic N) is 1. The van der Waals surface area contributed by atoms with Gasteiger partial charge in [-0.1, -0.05) is 35.3 Å². The fraction of sp³-hybridized carbons (Fsp3) is 0.0714. The first-order valence-electron chi connectivity index (χ1n) is 5.92. The molecule has 2 aromatic rings. The molecule has 3 nitrogen and oxygen atoms in total. The molecule has 0 amide bonds. The SMILES string of the molecule is N#Cc1ccc2c(c1)C(c1ccc(Cl)cc1Cl)OB2O. The Morgan fingerprint density at radius 2 is 1.95 bits per heavy atom. The second-order valence-electron chi connectivity index (χ2n) is 4.49. The molecule has 1 aliphatic rings. The second kappa shape index (κ2) is 5.12. The number of halogens is 2. The summed E-state index contributed by atoms with van der Waals surface area (Å²) >= 11 is 12.1. The molecule has 0 spiro atoms. The van der Waals surface area contributed by atoms with Crippen molar-refractivity contribution in [1.29, 1.82) is 5.26 Å². The van der Waals surface area contributed by atoms with Crippen LogP contribution in [-0.4, -0.2) is 12.1 Å². The molecule has 98 valence electrons. The van der Waals surface area contributed by atoms with Gasteiger partial charge in [0.1, 0.15) is 0 Å². The van der Waals surface area contributed by atoms with Crippen LogP contribution in [0.4, 0.5) is 0 Å². The van der Waals surface area contributed by atoms with E-state index in [0.29, 0.717) is 26.6 Å². The van der Waals surface area contributed by atoms with E-state index in [0.717, 1.165) is 5.56 Å². The van der Waals surface area contributed by atoms with Gasteiger partial charge in [-0.05, 0) is 35.3 Å². The average Bonchev–Trinajstić information content (AvgIpc) is 2.75. The number of hydrogen-bond acceptors (Lipinski definition) is 3. The minimum atomic E-state index is -1.02. The standard InChI is InChI=1S/C14H8BCl2NO2/c16-9-2-3-10(13(17)6-9)14-11-5-8(7-18)1-4-12(11)15(19)20-14/h1-6,14,19H. The van der Waals surface area contributed by atoms with E-state index in [9.17, 15) is 5.02 Å². The summed E-state index contributed by atoms with van der Waals surface area (Å²) in [6, 6.07) is 12.2. The molecule has 0 saturated carbocycles. The van der Waals surface area contributed by atoms with Crippen molar-refractivity contribution in [2.24, 2.45) is 0 Å². The van der Waals surface area contributed by atoms with Gasteiger partial charge in [0.15, 0.2) is 0 Å². The Balaban J connectivity index is 2.12. The van der Waals surface area contributed by atoms with Gasteiger partial charge in [-0.15, -0.1) is 0 Å². The number of nitriles is 1. The fourth-order valence-corrected chi connectivity index (χ4v) is 2.83. The predicted molar refractivity (Wildman–Crippen MR) is 78.2 cm³/mol.